The predicted molar refractivity (Wildman–Crippen MR) is 108 cm³/mol. The number of para-hydroxylation sites is 1. The molecule has 0 aliphatic carbocycles. The molecule has 2 aromatic carbocycles. The number of rotatable bonds is 5. The van der Waals surface area contributed by atoms with Gasteiger partial charge in [0, 0.05) is 30.0 Å². The molecule has 1 heterocycles. The second kappa shape index (κ2) is 9.34. The zero-order valence-corrected chi connectivity index (χ0v) is 15.9. The molecule has 1 unspecified atom stereocenters. The van der Waals surface area contributed by atoms with Crippen LogP contribution in [-0.4, -0.2) is 60.9 Å². The lowest BCUT2D eigenvalue weighted by atomic mass is 10.1. The van der Waals surface area contributed by atoms with Crippen LogP contribution in [0.5, 0.6) is 0 Å². The Labute approximate surface area is 164 Å². The molecule has 0 bridgehead atoms. The SMILES string of the molecule is CCN(C(=O)c1ccc(NC(=O)N2CCOCC2CO)cc1)c1ccccc1. The van der Waals surface area contributed by atoms with Gasteiger partial charge in [-0.2, -0.15) is 0 Å². The molecule has 0 radical (unpaired) electrons. The van der Waals surface area contributed by atoms with Crippen LogP contribution in [0.2, 0.25) is 0 Å². The summed E-state index contributed by atoms with van der Waals surface area (Å²) in [6, 6.07) is 15.7. The number of ether oxygens (including phenoxy) is 1. The summed E-state index contributed by atoms with van der Waals surface area (Å²) in [6.45, 7) is 3.54. The van der Waals surface area contributed by atoms with E-state index in [9.17, 15) is 14.7 Å². The fourth-order valence-electron chi connectivity index (χ4n) is 3.17. The lowest BCUT2D eigenvalue weighted by molar-refractivity contribution is -0.00485. The number of anilines is 2. The summed E-state index contributed by atoms with van der Waals surface area (Å²) in [6.07, 6.45) is 0. The van der Waals surface area contributed by atoms with Crippen LogP contribution in [0.25, 0.3) is 0 Å². The quantitative estimate of drug-likeness (QED) is 0.831. The smallest absolute Gasteiger partial charge is 0.322 e. The maximum Gasteiger partial charge on any atom is 0.322 e. The second-order valence-corrected chi connectivity index (χ2v) is 6.50. The lowest BCUT2D eigenvalue weighted by Crippen LogP contribution is -2.52. The van der Waals surface area contributed by atoms with E-state index in [0.29, 0.717) is 37.6 Å². The Morgan fingerprint density at radius 2 is 1.89 bits per heavy atom. The second-order valence-electron chi connectivity index (χ2n) is 6.50. The minimum absolute atomic E-state index is 0.0971. The number of benzene rings is 2. The van der Waals surface area contributed by atoms with Crippen molar-refractivity contribution in [2.75, 3.05) is 43.1 Å². The summed E-state index contributed by atoms with van der Waals surface area (Å²) in [7, 11) is 0. The number of morpholine rings is 1. The number of amides is 3. The number of hydrogen-bond acceptors (Lipinski definition) is 4. The maximum atomic E-state index is 12.8. The van der Waals surface area contributed by atoms with Gasteiger partial charge >= 0.3 is 6.03 Å². The molecular weight excluding hydrogens is 358 g/mol. The highest BCUT2D eigenvalue weighted by Gasteiger charge is 2.26. The number of aliphatic hydroxyl groups is 1. The van der Waals surface area contributed by atoms with Crippen LogP contribution < -0.4 is 10.2 Å². The van der Waals surface area contributed by atoms with E-state index in [-0.39, 0.29) is 24.6 Å². The van der Waals surface area contributed by atoms with Gasteiger partial charge in [0.05, 0.1) is 25.9 Å². The van der Waals surface area contributed by atoms with Gasteiger partial charge in [-0.1, -0.05) is 18.2 Å². The van der Waals surface area contributed by atoms with E-state index in [4.69, 9.17) is 4.74 Å². The van der Waals surface area contributed by atoms with Crippen molar-refractivity contribution in [3.8, 4) is 0 Å². The Bertz CT molecular complexity index is 795. The van der Waals surface area contributed by atoms with Crippen molar-refractivity contribution in [2.45, 2.75) is 13.0 Å². The number of hydrogen-bond donors (Lipinski definition) is 2. The highest BCUT2D eigenvalue weighted by Crippen LogP contribution is 2.18. The van der Waals surface area contributed by atoms with Crippen LogP contribution in [0.3, 0.4) is 0 Å². The van der Waals surface area contributed by atoms with E-state index in [1.165, 1.54) is 0 Å². The molecule has 3 amide bonds. The first kappa shape index (κ1) is 19.9. The van der Waals surface area contributed by atoms with E-state index in [1.807, 2.05) is 37.3 Å². The fourth-order valence-corrected chi connectivity index (χ4v) is 3.17. The third-order valence-corrected chi connectivity index (χ3v) is 4.71. The zero-order valence-electron chi connectivity index (χ0n) is 15.9. The van der Waals surface area contributed by atoms with Gasteiger partial charge in [0.15, 0.2) is 0 Å². The van der Waals surface area contributed by atoms with Gasteiger partial charge in [-0.25, -0.2) is 4.79 Å². The molecule has 3 rings (SSSR count). The van der Waals surface area contributed by atoms with Gasteiger partial charge in [0.1, 0.15) is 0 Å². The van der Waals surface area contributed by atoms with E-state index in [1.54, 1.807) is 34.1 Å². The summed E-state index contributed by atoms with van der Waals surface area (Å²) in [5.41, 5.74) is 1.98. The molecule has 2 N–H and O–H groups in total. The molecule has 0 spiro atoms. The molecule has 7 heteroatoms. The van der Waals surface area contributed by atoms with Gasteiger partial charge in [-0.3, -0.25) is 4.79 Å². The van der Waals surface area contributed by atoms with Crippen molar-refractivity contribution >= 4 is 23.3 Å². The van der Waals surface area contributed by atoms with Gasteiger partial charge in [0.2, 0.25) is 0 Å². The molecular formula is C21H25N3O4. The van der Waals surface area contributed by atoms with Crippen LogP contribution in [0.4, 0.5) is 16.2 Å². The van der Waals surface area contributed by atoms with E-state index >= 15 is 0 Å². The van der Waals surface area contributed by atoms with Crippen molar-refractivity contribution in [1.29, 1.82) is 0 Å². The Hall–Kier alpha value is -2.90. The molecule has 0 aromatic heterocycles. The predicted octanol–water partition coefficient (Wildman–Crippen LogP) is 2.58. The van der Waals surface area contributed by atoms with Crippen LogP contribution in [0.15, 0.2) is 54.6 Å². The average Bonchev–Trinajstić information content (AvgIpc) is 2.75. The van der Waals surface area contributed by atoms with Crippen LogP contribution in [-0.2, 0) is 4.74 Å². The molecule has 1 saturated heterocycles. The molecule has 148 valence electrons. The number of urea groups is 1. The Morgan fingerprint density at radius 3 is 2.54 bits per heavy atom. The molecule has 0 saturated carbocycles. The molecule has 1 aliphatic heterocycles. The van der Waals surface area contributed by atoms with Crippen LogP contribution in [0, 0.1) is 0 Å². The molecule has 1 fully saturated rings. The topological polar surface area (TPSA) is 82.1 Å². The summed E-state index contributed by atoms with van der Waals surface area (Å²) in [5.74, 6) is -0.0971. The number of nitrogens with one attached hydrogen (secondary N) is 1. The minimum Gasteiger partial charge on any atom is -0.394 e. The van der Waals surface area contributed by atoms with Gasteiger partial charge in [0.25, 0.3) is 5.91 Å². The number of carbonyl (C=O) groups excluding carboxylic acids is 2. The van der Waals surface area contributed by atoms with E-state index < -0.39 is 0 Å². The van der Waals surface area contributed by atoms with Gasteiger partial charge < -0.3 is 25.0 Å². The number of aliphatic hydroxyl groups excluding tert-OH is 1. The van der Waals surface area contributed by atoms with Crippen LogP contribution >= 0.6 is 0 Å². The number of carbonyl (C=O) groups is 2. The van der Waals surface area contributed by atoms with E-state index in [0.717, 1.165) is 5.69 Å². The van der Waals surface area contributed by atoms with Crippen LogP contribution in [0.1, 0.15) is 17.3 Å². The first-order chi connectivity index (χ1) is 13.6. The molecule has 7 nitrogen and oxygen atoms in total. The first-order valence-corrected chi connectivity index (χ1v) is 9.37. The monoisotopic (exact) mass is 383 g/mol. The normalized spacial score (nSPS) is 16.5. The molecule has 1 atom stereocenters. The average molecular weight is 383 g/mol. The fraction of sp³-hybridized carbons (Fsp3) is 0.333. The summed E-state index contributed by atoms with van der Waals surface area (Å²) >= 11 is 0. The standard InChI is InChI=1S/C21H25N3O4/c1-2-23(18-6-4-3-5-7-18)20(26)16-8-10-17(11-9-16)22-21(27)24-12-13-28-15-19(24)14-25/h3-11,19,25H,2,12-15H2,1H3,(H,22,27). The van der Waals surface area contributed by atoms with Crippen molar-refractivity contribution in [3.63, 3.8) is 0 Å². The minimum atomic E-state index is -0.349. The Balaban J connectivity index is 1.67. The highest BCUT2D eigenvalue weighted by molar-refractivity contribution is 6.06. The van der Waals surface area contributed by atoms with Gasteiger partial charge in [-0.05, 0) is 43.3 Å². The lowest BCUT2D eigenvalue weighted by Gasteiger charge is -2.34. The van der Waals surface area contributed by atoms with Gasteiger partial charge in [-0.15, -0.1) is 0 Å². The molecule has 1 aliphatic rings. The molecule has 2 aromatic rings. The third kappa shape index (κ3) is 4.49. The summed E-state index contributed by atoms with van der Waals surface area (Å²) < 4.78 is 5.29. The van der Waals surface area contributed by atoms with Crippen molar-refractivity contribution in [1.82, 2.24) is 4.90 Å². The first-order valence-electron chi connectivity index (χ1n) is 9.37. The highest BCUT2D eigenvalue weighted by atomic mass is 16.5. The van der Waals surface area contributed by atoms with Crippen molar-refractivity contribution in [3.05, 3.63) is 60.2 Å². The maximum absolute atomic E-state index is 12.8. The van der Waals surface area contributed by atoms with E-state index in [2.05, 4.69) is 5.32 Å². The number of nitrogens with zero attached hydrogens (tertiary/aromatic N) is 2. The molecule has 28 heavy (non-hydrogen) atoms. The Morgan fingerprint density at radius 1 is 1.18 bits per heavy atom. The largest absolute Gasteiger partial charge is 0.394 e. The van der Waals surface area contributed by atoms with Crippen molar-refractivity contribution < 1.29 is 19.4 Å². The summed E-state index contributed by atoms with van der Waals surface area (Å²) in [4.78, 5) is 28.6. The zero-order chi connectivity index (χ0) is 19.9. The summed E-state index contributed by atoms with van der Waals surface area (Å²) in [5, 5.41) is 12.2. The Kier molecular flexibility index (Phi) is 6.62. The third-order valence-electron chi connectivity index (χ3n) is 4.71. The van der Waals surface area contributed by atoms with Crippen molar-refractivity contribution in [2.24, 2.45) is 0 Å².